The Kier molecular flexibility index (Phi) is 3.43. The first-order chi connectivity index (χ1) is 9.31. The number of hydrogen-bond acceptors (Lipinski definition) is 2. The monoisotopic (exact) mass is 256 g/mol. The minimum atomic E-state index is -0.349. The normalized spacial score (nSPS) is 17.8. The first-order valence-electron chi connectivity index (χ1n) is 7.05. The Morgan fingerprint density at radius 1 is 1.05 bits per heavy atom. The van der Waals surface area contributed by atoms with E-state index in [4.69, 9.17) is 4.74 Å². The number of hydrogen-bond donors (Lipinski definition) is 1. The van der Waals surface area contributed by atoms with Crippen LogP contribution in [-0.4, -0.2) is 12.2 Å². The minimum Gasteiger partial charge on any atom is -0.496 e. The Hall–Kier alpha value is -1.54. The van der Waals surface area contributed by atoms with Crippen LogP contribution in [0.1, 0.15) is 37.4 Å². The summed E-state index contributed by atoms with van der Waals surface area (Å²) in [5.74, 6) is 1.29. The molecule has 0 bridgehead atoms. The van der Waals surface area contributed by atoms with E-state index >= 15 is 0 Å². The third kappa shape index (κ3) is 2.21. The molecule has 1 atom stereocenters. The van der Waals surface area contributed by atoms with Crippen LogP contribution in [0, 0.1) is 5.92 Å². The van der Waals surface area contributed by atoms with Crippen LogP contribution >= 0.6 is 0 Å². The summed E-state index contributed by atoms with van der Waals surface area (Å²) in [6.45, 7) is 0. The van der Waals surface area contributed by atoms with Crippen molar-refractivity contribution >= 4 is 10.8 Å². The summed E-state index contributed by atoms with van der Waals surface area (Å²) < 4.78 is 5.41. The highest BCUT2D eigenvalue weighted by atomic mass is 16.5. The van der Waals surface area contributed by atoms with Gasteiger partial charge in [-0.05, 0) is 35.8 Å². The lowest BCUT2D eigenvalue weighted by atomic mass is 9.90. The molecular formula is C17H20O2. The summed E-state index contributed by atoms with van der Waals surface area (Å²) in [6.07, 6.45) is 4.42. The second kappa shape index (κ2) is 5.22. The van der Waals surface area contributed by atoms with Crippen molar-refractivity contribution in [1.82, 2.24) is 0 Å². The maximum Gasteiger partial charge on any atom is 0.126 e. The van der Waals surface area contributed by atoms with E-state index in [1.54, 1.807) is 7.11 Å². The summed E-state index contributed by atoms with van der Waals surface area (Å²) in [5, 5.41) is 12.8. The molecule has 1 saturated carbocycles. The van der Waals surface area contributed by atoms with Gasteiger partial charge in [0.2, 0.25) is 0 Å². The van der Waals surface area contributed by atoms with E-state index in [2.05, 4.69) is 12.1 Å². The Morgan fingerprint density at radius 3 is 2.42 bits per heavy atom. The standard InChI is InChI=1S/C17H20O2/c1-19-16-11-10-15(13-8-4-5-9-14(13)16)17(18)12-6-2-3-7-12/h4-5,8-12,17-18H,2-3,6-7H2,1H3. The summed E-state index contributed by atoms with van der Waals surface area (Å²) >= 11 is 0. The molecule has 1 unspecified atom stereocenters. The van der Waals surface area contributed by atoms with Gasteiger partial charge in [-0.3, -0.25) is 0 Å². The quantitative estimate of drug-likeness (QED) is 0.897. The number of benzene rings is 2. The second-order valence-corrected chi connectivity index (χ2v) is 5.39. The van der Waals surface area contributed by atoms with Crippen LogP contribution < -0.4 is 4.74 Å². The molecule has 1 fully saturated rings. The van der Waals surface area contributed by atoms with Crippen LogP contribution in [-0.2, 0) is 0 Å². The molecule has 0 spiro atoms. The summed E-state index contributed by atoms with van der Waals surface area (Å²) in [4.78, 5) is 0. The van der Waals surface area contributed by atoms with Crippen LogP contribution in [0.15, 0.2) is 36.4 Å². The molecule has 0 radical (unpaired) electrons. The van der Waals surface area contributed by atoms with Gasteiger partial charge in [-0.25, -0.2) is 0 Å². The molecule has 19 heavy (non-hydrogen) atoms. The van der Waals surface area contributed by atoms with Gasteiger partial charge in [0.05, 0.1) is 13.2 Å². The molecule has 3 rings (SSSR count). The Balaban J connectivity index is 2.08. The van der Waals surface area contributed by atoms with Crippen LogP contribution in [0.2, 0.25) is 0 Å². The molecule has 0 amide bonds. The van der Waals surface area contributed by atoms with Crippen LogP contribution in [0.4, 0.5) is 0 Å². The predicted molar refractivity (Wildman–Crippen MR) is 77.4 cm³/mol. The van der Waals surface area contributed by atoms with Gasteiger partial charge in [0, 0.05) is 5.39 Å². The first-order valence-corrected chi connectivity index (χ1v) is 7.05. The van der Waals surface area contributed by atoms with Crippen molar-refractivity contribution in [3.05, 3.63) is 42.0 Å². The van der Waals surface area contributed by atoms with E-state index in [-0.39, 0.29) is 6.10 Å². The highest BCUT2D eigenvalue weighted by Crippen LogP contribution is 2.39. The molecule has 2 heteroatoms. The van der Waals surface area contributed by atoms with Gasteiger partial charge in [0.15, 0.2) is 0 Å². The lowest BCUT2D eigenvalue weighted by Crippen LogP contribution is -2.09. The average molecular weight is 256 g/mol. The van der Waals surface area contributed by atoms with Crippen LogP contribution in [0.3, 0.4) is 0 Å². The highest BCUT2D eigenvalue weighted by Gasteiger charge is 2.25. The second-order valence-electron chi connectivity index (χ2n) is 5.39. The van der Waals surface area contributed by atoms with E-state index in [0.29, 0.717) is 5.92 Å². The fraction of sp³-hybridized carbons (Fsp3) is 0.412. The molecule has 2 nitrogen and oxygen atoms in total. The molecule has 2 aromatic carbocycles. The lowest BCUT2D eigenvalue weighted by molar-refractivity contribution is 0.113. The molecule has 100 valence electrons. The highest BCUT2D eigenvalue weighted by molar-refractivity contribution is 5.91. The lowest BCUT2D eigenvalue weighted by Gasteiger charge is -2.20. The van der Waals surface area contributed by atoms with Crippen molar-refractivity contribution in [3.63, 3.8) is 0 Å². The van der Waals surface area contributed by atoms with Crippen molar-refractivity contribution in [2.75, 3.05) is 7.11 Å². The zero-order valence-electron chi connectivity index (χ0n) is 11.3. The smallest absolute Gasteiger partial charge is 0.126 e. The van der Waals surface area contributed by atoms with Gasteiger partial charge in [-0.1, -0.05) is 43.2 Å². The number of aliphatic hydroxyl groups excluding tert-OH is 1. The van der Waals surface area contributed by atoms with Crippen molar-refractivity contribution in [2.45, 2.75) is 31.8 Å². The number of fused-ring (bicyclic) bond motifs is 1. The topological polar surface area (TPSA) is 29.5 Å². The summed E-state index contributed by atoms with van der Waals surface area (Å²) in [6, 6.07) is 12.1. The molecule has 1 N–H and O–H groups in total. The van der Waals surface area contributed by atoms with Gasteiger partial charge >= 0.3 is 0 Å². The SMILES string of the molecule is COc1ccc(C(O)C2CCCC2)c2ccccc12. The van der Waals surface area contributed by atoms with E-state index in [9.17, 15) is 5.11 Å². The van der Waals surface area contributed by atoms with Gasteiger partial charge < -0.3 is 9.84 Å². The van der Waals surface area contributed by atoms with Gasteiger partial charge in [-0.2, -0.15) is 0 Å². The van der Waals surface area contributed by atoms with Crippen molar-refractivity contribution in [3.8, 4) is 5.75 Å². The number of methoxy groups -OCH3 is 1. The number of rotatable bonds is 3. The van der Waals surface area contributed by atoms with E-state index in [1.165, 1.54) is 12.8 Å². The molecule has 0 heterocycles. The molecule has 0 aromatic heterocycles. The van der Waals surface area contributed by atoms with E-state index in [1.807, 2.05) is 24.3 Å². The maximum absolute atomic E-state index is 10.6. The predicted octanol–water partition coefficient (Wildman–Crippen LogP) is 4.07. The first kappa shape index (κ1) is 12.5. The molecule has 0 saturated heterocycles. The summed E-state index contributed by atoms with van der Waals surface area (Å²) in [5.41, 5.74) is 1.04. The van der Waals surface area contributed by atoms with Crippen LogP contribution in [0.5, 0.6) is 5.75 Å². The largest absolute Gasteiger partial charge is 0.496 e. The minimum absolute atomic E-state index is 0.349. The fourth-order valence-electron chi connectivity index (χ4n) is 3.26. The zero-order valence-corrected chi connectivity index (χ0v) is 11.3. The van der Waals surface area contributed by atoms with Gasteiger partial charge in [0.25, 0.3) is 0 Å². The molecular weight excluding hydrogens is 236 g/mol. The molecule has 0 aliphatic heterocycles. The maximum atomic E-state index is 10.6. The van der Waals surface area contributed by atoms with Gasteiger partial charge in [-0.15, -0.1) is 0 Å². The molecule has 1 aliphatic carbocycles. The van der Waals surface area contributed by atoms with E-state index in [0.717, 1.165) is 34.9 Å². The fourth-order valence-corrected chi connectivity index (χ4v) is 3.26. The van der Waals surface area contributed by atoms with Gasteiger partial charge in [0.1, 0.15) is 5.75 Å². The zero-order chi connectivity index (χ0) is 13.2. The average Bonchev–Trinajstić information content (AvgIpc) is 2.99. The molecule has 2 aromatic rings. The molecule has 1 aliphatic rings. The van der Waals surface area contributed by atoms with Crippen LogP contribution in [0.25, 0.3) is 10.8 Å². The Morgan fingerprint density at radius 2 is 1.74 bits per heavy atom. The summed E-state index contributed by atoms with van der Waals surface area (Å²) in [7, 11) is 1.69. The third-order valence-corrected chi connectivity index (χ3v) is 4.30. The van der Waals surface area contributed by atoms with E-state index < -0.39 is 0 Å². The third-order valence-electron chi connectivity index (χ3n) is 4.30. The Labute approximate surface area is 114 Å². The van der Waals surface area contributed by atoms with Crippen molar-refractivity contribution in [1.29, 1.82) is 0 Å². The van der Waals surface area contributed by atoms with Crippen molar-refractivity contribution in [2.24, 2.45) is 5.92 Å². The van der Waals surface area contributed by atoms with Crippen molar-refractivity contribution < 1.29 is 9.84 Å². The Bertz CT molecular complexity index is 570. The number of ether oxygens (including phenoxy) is 1. The number of aliphatic hydroxyl groups is 1.